The minimum Gasteiger partial charge on any atom is -0.355 e. The zero-order valence-electron chi connectivity index (χ0n) is 15.0. The molecule has 1 saturated carbocycles. The summed E-state index contributed by atoms with van der Waals surface area (Å²) >= 11 is 6.06. The monoisotopic (exact) mass is 348 g/mol. The Hall–Kier alpha value is -1.32. The Morgan fingerprint density at radius 1 is 1.29 bits per heavy atom. The predicted octanol–water partition coefficient (Wildman–Crippen LogP) is 5.33. The molecule has 0 N–H and O–H groups in total. The van der Waals surface area contributed by atoms with Crippen molar-refractivity contribution in [2.24, 2.45) is 16.8 Å². The standard InChI is InChI=1S/C18H25ClN2O.C2H4/c1-13(2)10-18(22-3)17(15-6-8-16(19)9-7-15)21(12-20-18)11-14-4-5-14;1-2/h6-9,12-14,17H,4-5,10-11H2,1-3H3;1-2H2. The summed E-state index contributed by atoms with van der Waals surface area (Å²) in [6.45, 7) is 11.5. The maximum atomic E-state index is 6.06. The zero-order chi connectivity index (χ0) is 17.7. The number of benzene rings is 1. The van der Waals surface area contributed by atoms with Crippen molar-refractivity contribution in [1.82, 2.24) is 4.90 Å². The van der Waals surface area contributed by atoms with Gasteiger partial charge in [0.15, 0.2) is 5.72 Å². The van der Waals surface area contributed by atoms with Crippen molar-refractivity contribution in [2.75, 3.05) is 13.7 Å². The van der Waals surface area contributed by atoms with Crippen LogP contribution in [0.25, 0.3) is 0 Å². The number of halogens is 1. The summed E-state index contributed by atoms with van der Waals surface area (Å²) in [7, 11) is 1.78. The van der Waals surface area contributed by atoms with Crippen LogP contribution in [0.15, 0.2) is 42.4 Å². The molecule has 3 rings (SSSR count). The Balaban J connectivity index is 0.00000100. The first-order chi connectivity index (χ1) is 11.5. The van der Waals surface area contributed by atoms with Crippen LogP contribution in [-0.2, 0) is 4.74 Å². The van der Waals surface area contributed by atoms with Gasteiger partial charge in [0.05, 0.1) is 6.34 Å². The van der Waals surface area contributed by atoms with Gasteiger partial charge < -0.3 is 9.64 Å². The van der Waals surface area contributed by atoms with Crippen molar-refractivity contribution in [1.29, 1.82) is 0 Å². The van der Waals surface area contributed by atoms with Gasteiger partial charge in [0, 0.05) is 25.1 Å². The molecule has 2 atom stereocenters. The first-order valence-electron chi connectivity index (χ1n) is 8.66. The van der Waals surface area contributed by atoms with Crippen molar-refractivity contribution < 1.29 is 4.74 Å². The van der Waals surface area contributed by atoms with Crippen LogP contribution in [0.1, 0.15) is 44.7 Å². The second-order valence-corrected chi connectivity index (χ2v) is 7.42. The number of methoxy groups -OCH3 is 1. The van der Waals surface area contributed by atoms with Crippen LogP contribution in [-0.4, -0.2) is 30.6 Å². The summed E-state index contributed by atoms with van der Waals surface area (Å²) in [5, 5.41) is 0.767. The number of hydrogen-bond acceptors (Lipinski definition) is 3. The molecule has 0 aromatic heterocycles. The zero-order valence-corrected chi connectivity index (χ0v) is 15.8. The molecule has 1 fully saturated rings. The van der Waals surface area contributed by atoms with E-state index in [2.05, 4.69) is 44.0 Å². The van der Waals surface area contributed by atoms with E-state index in [1.165, 1.54) is 18.4 Å². The summed E-state index contributed by atoms with van der Waals surface area (Å²) in [4.78, 5) is 7.18. The molecule has 1 aliphatic heterocycles. The summed E-state index contributed by atoms with van der Waals surface area (Å²) in [5.41, 5.74) is 0.738. The van der Waals surface area contributed by atoms with Gasteiger partial charge in [-0.1, -0.05) is 37.6 Å². The molecule has 1 aromatic carbocycles. The maximum absolute atomic E-state index is 6.06. The van der Waals surface area contributed by atoms with E-state index in [4.69, 9.17) is 21.3 Å². The Kier molecular flexibility index (Phi) is 6.47. The molecule has 0 saturated heterocycles. The van der Waals surface area contributed by atoms with Gasteiger partial charge in [-0.25, -0.2) is 4.99 Å². The highest BCUT2D eigenvalue weighted by atomic mass is 35.5. The third kappa shape index (κ3) is 4.20. The number of ether oxygens (including phenoxy) is 1. The Morgan fingerprint density at radius 3 is 2.42 bits per heavy atom. The molecule has 2 unspecified atom stereocenters. The van der Waals surface area contributed by atoms with Crippen LogP contribution in [0.5, 0.6) is 0 Å². The van der Waals surface area contributed by atoms with Crippen LogP contribution in [0.3, 0.4) is 0 Å². The highest BCUT2D eigenvalue weighted by molar-refractivity contribution is 6.30. The summed E-state index contributed by atoms with van der Waals surface area (Å²) < 4.78 is 5.97. The third-order valence-electron chi connectivity index (χ3n) is 4.59. The largest absolute Gasteiger partial charge is 0.355 e. The molecular weight excluding hydrogens is 320 g/mol. The second kappa shape index (κ2) is 8.17. The molecule has 1 aromatic rings. The van der Waals surface area contributed by atoms with Gasteiger partial charge >= 0.3 is 0 Å². The van der Waals surface area contributed by atoms with Crippen molar-refractivity contribution in [2.45, 2.75) is 44.9 Å². The average molecular weight is 349 g/mol. The molecule has 24 heavy (non-hydrogen) atoms. The lowest BCUT2D eigenvalue weighted by molar-refractivity contribution is -0.0579. The molecule has 1 heterocycles. The van der Waals surface area contributed by atoms with E-state index in [0.717, 1.165) is 23.9 Å². The lowest BCUT2D eigenvalue weighted by atomic mass is 9.89. The van der Waals surface area contributed by atoms with E-state index in [1.807, 2.05) is 18.5 Å². The SMILES string of the molecule is C=C.COC1(CC(C)C)N=CN(CC2CC2)C1c1ccc(Cl)cc1. The predicted molar refractivity (Wildman–Crippen MR) is 103 cm³/mol. The van der Waals surface area contributed by atoms with E-state index >= 15 is 0 Å². The van der Waals surface area contributed by atoms with Gasteiger partial charge in [-0.2, -0.15) is 0 Å². The van der Waals surface area contributed by atoms with E-state index in [9.17, 15) is 0 Å². The van der Waals surface area contributed by atoms with Crippen LogP contribution < -0.4 is 0 Å². The van der Waals surface area contributed by atoms with Gasteiger partial charge in [0.1, 0.15) is 6.04 Å². The highest BCUT2D eigenvalue weighted by Crippen LogP contribution is 2.45. The van der Waals surface area contributed by atoms with Crippen molar-refractivity contribution >= 4 is 17.9 Å². The van der Waals surface area contributed by atoms with E-state index in [-0.39, 0.29) is 6.04 Å². The lowest BCUT2D eigenvalue weighted by Gasteiger charge is -2.37. The molecule has 4 heteroatoms. The molecule has 132 valence electrons. The topological polar surface area (TPSA) is 24.8 Å². The first-order valence-corrected chi connectivity index (χ1v) is 9.03. The normalized spacial score (nSPS) is 25.7. The van der Waals surface area contributed by atoms with Gasteiger partial charge in [-0.05, 0) is 42.4 Å². The Morgan fingerprint density at radius 2 is 1.92 bits per heavy atom. The van der Waals surface area contributed by atoms with Crippen molar-refractivity contribution in [3.63, 3.8) is 0 Å². The Labute approximate surface area is 151 Å². The molecule has 1 aliphatic carbocycles. The fourth-order valence-corrected chi connectivity index (χ4v) is 3.54. The molecule has 2 aliphatic rings. The minimum absolute atomic E-state index is 0.137. The van der Waals surface area contributed by atoms with Crippen LogP contribution in [0, 0.1) is 11.8 Å². The van der Waals surface area contributed by atoms with Crippen LogP contribution >= 0.6 is 11.6 Å². The van der Waals surface area contributed by atoms with Crippen LogP contribution in [0.2, 0.25) is 5.02 Å². The number of nitrogens with zero attached hydrogens (tertiary/aromatic N) is 2. The van der Waals surface area contributed by atoms with Gasteiger partial charge in [-0.3, -0.25) is 0 Å². The molecule has 0 bridgehead atoms. The molecular formula is C20H29ClN2O. The fourth-order valence-electron chi connectivity index (χ4n) is 3.41. The van der Waals surface area contributed by atoms with Crippen LogP contribution in [0.4, 0.5) is 0 Å². The van der Waals surface area contributed by atoms with E-state index in [0.29, 0.717) is 5.92 Å². The number of rotatable bonds is 6. The molecule has 3 nitrogen and oxygen atoms in total. The molecule has 0 amide bonds. The third-order valence-corrected chi connectivity index (χ3v) is 4.84. The Bertz CT molecular complexity index is 553. The molecule has 0 radical (unpaired) electrons. The van der Waals surface area contributed by atoms with E-state index < -0.39 is 5.72 Å². The number of hydrogen-bond donors (Lipinski definition) is 0. The summed E-state index contributed by atoms with van der Waals surface area (Å²) in [6, 6.07) is 8.27. The quantitative estimate of drug-likeness (QED) is 0.649. The van der Waals surface area contributed by atoms with Gasteiger partial charge in [0.2, 0.25) is 0 Å². The fraction of sp³-hybridized carbons (Fsp3) is 0.550. The summed E-state index contributed by atoms with van der Waals surface area (Å²) in [6.07, 6.45) is 5.58. The van der Waals surface area contributed by atoms with Gasteiger partial charge in [0.25, 0.3) is 0 Å². The van der Waals surface area contributed by atoms with Crippen molar-refractivity contribution in [3.8, 4) is 0 Å². The summed E-state index contributed by atoms with van der Waals surface area (Å²) in [5.74, 6) is 1.33. The van der Waals surface area contributed by atoms with Crippen molar-refractivity contribution in [3.05, 3.63) is 48.0 Å². The molecule has 0 spiro atoms. The number of aliphatic imine (C=N–C) groups is 1. The smallest absolute Gasteiger partial charge is 0.184 e. The lowest BCUT2D eigenvalue weighted by Crippen LogP contribution is -2.42. The van der Waals surface area contributed by atoms with E-state index in [1.54, 1.807) is 7.11 Å². The maximum Gasteiger partial charge on any atom is 0.184 e. The second-order valence-electron chi connectivity index (χ2n) is 6.99. The highest BCUT2D eigenvalue weighted by Gasteiger charge is 2.47. The average Bonchev–Trinajstić information content (AvgIpc) is 3.32. The minimum atomic E-state index is -0.489. The van der Waals surface area contributed by atoms with Gasteiger partial charge in [-0.15, -0.1) is 13.2 Å². The first kappa shape index (κ1) is 19.0.